The number of aliphatic hydroxyl groups excluding tert-OH is 1. The quantitative estimate of drug-likeness (QED) is 0.306. The monoisotopic (exact) mass is 248 g/mol. The molecule has 0 heterocycles. The molecule has 8 nitrogen and oxygen atoms in total. The van der Waals surface area contributed by atoms with E-state index in [4.69, 9.17) is 19.8 Å². The fourth-order valence-electron chi connectivity index (χ4n) is 0.469. The Morgan fingerprint density at radius 2 is 1.79 bits per heavy atom. The summed E-state index contributed by atoms with van der Waals surface area (Å²) in [7, 11) is -9.78. The Bertz CT molecular complexity index is 279. The fraction of sp³-hybridized carbons (Fsp3) is 0.500. The molecule has 0 aliphatic carbocycles. The first kappa shape index (κ1) is 13.8. The SMILES string of the molecule is O=P(O)(O)OP(=O)(O)OCC/C=C/O. The van der Waals surface area contributed by atoms with E-state index in [1.54, 1.807) is 0 Å². The predicted molar refractivity (Wildman–Crippen MR) is 45.3 cm³/mol. The van der Waals surface area contributed by atoms with E-state index < -0.39 is 15.6 Å². The third-order valence-corrected chi connectivity index (χ3v) is 3.04. The Kier molecular flexibility index (Phi) is 5.54. The van der Waals surface area contributed by atoms with Gasteiger partial charge in [-0.2, -0.15) is 4.31 Å². The number of rotatable bonds is 6. The molecule has 0 rings (SSSR count). The first-order valence-electron chi connectivity index (χ1n) is 3.30. The van der Waals surface area contributed by atoms with Crippen molar-refractivity contribution in [1.82, 2.24) is 0 Å². The Labute approximate surface area is 79.6 Å². The van der Waals surface area contributed by atoms with Gasteiger partial charge in [-0.3, -0.25) is 4.52 Å². The highest BCUT2D eigenvalue weighted by Crippen LogP contribution is 2.57. The van der Waals surface area contributed by atoms with Crippen LogP contribution in [-0.2, 0) is 18.0 Å². The standard InChI is InChI=1S/C4H10O8P2/c5-3-1-2-4-11-14(9,10)12-13(6,7)8/h1,3,5H,2,4H2,(H,9,10)(H2,6,7,8)/b3-1+. The lowest BCUT2D eigenvalue weighted by Crippen LogP contribution is -1.95. The number of aliphatic hydroxyl groups is 1. The average Bonchev–Trinajstić information content (AvgIpc) is 1.93. The Hall–Kier alpha value is -0.200. The van der Waals surface area contributed by atoms with Crippen LogP contribution in [0.3, 0.4) is 0 Å². The van der Waals surface area contributed by atoms with Crippen molar-refractivity contribution in [3.05, 3.63) is 12.3 Å². The van der Waals surface area contributed by atoms with E-state index in [0.717, 1.165) is 0 Å². The molecular formula is C4H10O8P2. The lowest BCUT2D eigenvalue weighted by atomic mass is 10.5. The van der Waals surface area contributed by atoms with Gasteiger partial charge in [-0.15, -0.1) is 0 Å². The molecule has 84 valence electrons. The zero-order valence-corrected chi connectivity index (χ0v) is 8.67. The van der Waals surface area contributed by atoms with Crippen LogP contribution in [0.15, 0.2) is 12.3 Å². The van der Waals surface area contributed by atoms with E-state index in [1.165, 1.54) is 6.08 Å². The normalized spacial score (nSPS) is 17.1. The van der Waals surface area contributed by atoms with Crippen molar-refractivity contribution in [2.24, 2.45) is 0 Å². The molecule has 0 aliphatic rings. The first-order valence-corrected chi connectivity index (χ1v) is 6.33. The second kappa shape index (κ2) is 5.63. The molecule has 0 aromatic heterocycles. The smallest absolute Gasteiger partial charge is 0.481 e. The van der Waals surface area contributed by atoms with Crippen LogP contribution in [0.4, 0.5) is 0 Å². The summed E-state index contributed by atoms with van der Waals surface area (Å²) >= 11 is 0. The van der Waals surface area contributed by atoms with Gasteiger partial charge < -0.3 is 19.8 Å². The van der Waals surface area contributed by atoms with E-state index >= 15 is 0 Å². The summed E-state index contributed by atoms with van der Waals surface area (Å²) in [4.78, 5) is 25.0. The minimum Gasteiger partial charge on any atom is -0.516 e. The van der Waals surface area contributed by atoms with Crippen molar-refractivity contribution >= 4 is 15.6 Å². The third kappa shape index (κ3) is 8.40. The van der Waals surface area contributed by atoms with E-state index in [-0.39, 0.29) is 13.0 Å². The molecule has 0 aromatic rings. The molecule has 4 N–H and O–H groups in total. The number of hydrogen-bond donors (Lipinski definition) is 4. The van der Waals surface area contributed by atoms with E-state index in [1.807, 2.05) is 0 Å². The Balaban J connectivity index is 3.96. The topological polar surface area (TPSA) is 134 Å². The van der Waals surface area contributed by atoms with E-state index in [2.05, 4.69) is 8.83 Å². The van der Waals surface area contributed by atoms with Crippen molar-refractivity contribution in [3.63, 3.8) is 0 Å². The minimum absolute atomic E-state index is 0.103. The molecule has 1 unspecified atom stereocenters. The van der Waals surface area contributed by atoms with Crippen LogP contribution < -0.4 is 0 Å². The summed E-state index contributed by atoms with van der Waals surface area (Å²) in [6, 6.07) is 0. The van der Waals surface area contributed by atoms with Crippen LogP contribution in [0.1, 0.15) is 6.42 Å². The Morgan fingerprint density at radius 3 is 2.21 bits per heavy atom. The third-order valence-electron chi connectivity index (χ3n) is 0.854. The van der Waals surface area contributed by atoms with Crippen LogP contribution in [0, 0.1) is 0 Å². The maximum absolute atomic E-state index is 10.7. The van der Waals surface area contributed by atoms with Gasteiger partial charge in [0.25, 0.3) is 0 Å². The van der Waals surface area contributed by atoms with Crippen molar-refractivity contribution in [2.75, 3.05) is 6.61 Å². The number of phosphoric acid groups is 2. The number of phosphoric ester groups is 1. The summed E-state index contributed by atoms with van der Waals surface area (Å²) in [6.07, 6.45) is 2.03. The molecule has 0 saturated heterocycles. The highest BCUT2D eigenvalue weighted by molar-refractivity contribution is 7.60. The maximum Gasteiger partial charge on any atom is 0.481 e. The van der Waals surface area contributed by atoms with Crippen molar-refractivity contribution in [2.45, 2.75) is 6.42 Å². The summed E-state index contributed by atoms with van der Waals surface area (Å²) < 4.78 is 28.5. The molecule has 0 saturated carbocycles. The lowest BCUT2D eigenvalue weighted by Gasteiger charge is -2.11. The number of hydrogen-bond acceptors (Lipinski definition) is 5. The molecule has 0 amide bonds. The van der Waals surface area contributed by atoms with E-state index in [9.17, 15) is 9.13 Å². The van der Waals surface area contributed by atoms with Crippen molar-refractivity contribution in [1.29, 1.82) is 0 Å². The summed E-state index contributed by atoms with van der Waals surface area (Å²) in [6.45, 7) is -0.315. The van der Waals surface area contributed by atoms with E-state index in [0.29, 0.717) is 6.26 Å². The summed E-state index contributed by atoms with van der Waals surface area (Å²) in [5, 5.41) is 8.16. The first-order chi connectivity index (χ1) is 6.27. The van der Waals surface area contributed by atoms with Gasteiger partial charge in [0, 0.05) is 0 Å². The molecule has 0 radical (unpaired) electrons. The van der Waals surface area contributed by atoms with Gasteiger partial charge in [0.2, 0.25) is 0 Å². The second-order valence-electron chi connectivity index (χ2n) is 2.05. The second-order valence-corrected chi connectivity index (χ2v) is 4.88. The highest BCUT2D eigenvalue weighted by Gasteiger charge is 2.31. The molecule has 1 atom stereocenters. The van der Waals surface area contributed by atoms with Crippen molar-refractivity contribution in [3.8, 4) is 0 Å². The van der Waals surface area contributed by atoms with Crippen LogP contribution in [0.25, 0.3) is 0 Å². The zero-order valence-electron chi connectivity index (χ0n) is 6.89. The van der Waals surface area contributed by atoms with Gasteiger partial charge in [0.15, 0.2) is 0 Å². The lowest BCUT2D eigenvalue weighted by molar-refractivity contribution is 0.180. The fourth-order valence-corrected chi connectivity index (χ4v) is 2.07. The van der Waals surface area contributed by atoms with Gasteiger partial charge in [-0.1, -0.05) is 0 Å². The molecule has 0 aromatic carbocycles. The largest absolute Gasteiger partial charge is 0.516 e. The van der Waals surface area contributed by atoms with Crippen LogP contribution in [-0.4, -0.2) is 26.4 Å². The minimum atomic E-state index is -5.05. The van der Waals surface area contributed by atoms with Crippen LogP contribution in [0.5, 0.6) is 0 Å². The Morgan fingerprint density at radius 1 is 1.21 bits per heavy atom. The molecule has 0 aliphatic heterocycles. The molecule has 14 heavy (non-hydrogen) atoms. The van der Waals surface area contributed by atoms with Gasteiger partial charge in [-0.05, 0) is 12.5 Å². The zero-order chi connectivity index (χ0) is 11.2. The molecule has 0 fully saturated rings. The molecule has 0 spiro atoms. The summed E-state index contributed by atoms with van der Waals surface area (Å²) in [5.74, 6) is 0. The maximum atomic E-state index is 10.7. The van der Waals surface area contributed by atoms with Gasteiger partial charge in [0.05, 0.1) is 12.9 Å². The predicted octanol–water partition coefficient (Wildman–Crippen LogP) is 0.674. The average molecular weight is 248 g/mol. The summed E-state index contributed by atoms with van der Waals surface area (Å²) in [5.41, 5.74) is 0. The van der Waals surface area contributed by atoms with Gasteiger partial charge in [-0.25, -0.2) is 9.13 Å². The van der Waals surface area contributed by atoms with Crippen molar-refractivity contribution < 1.29 is 37.8 Å². The highest BCUT2D eigenvalue weighted by atomic mass is 31.3. The molecular weight excluding hydrogens is 238 g/mol. The molecule has 0 bridgehead atoms. The van der Waals surface area contributed by atoms with Gasteiger partial charge >= 0.3 is 15.6 Å². The van der Waals surface area contributed by atoms with Crippen LogP contribution >= 0.6 is 15.6 Å². The van der Waals surface area contributed by atoms with Crippen LogP contribution in [0.2, 0.25) is 0 Å². The van der Waals surface area contributed by atoms with Gasteiger partial charge in [0.1, 0.15) is 0 Å². The molecule has 10 heteroatoms.